The molecule has 124 valence electrons. The fourth-order valence-corrected chi connectivity index (χ4v) is 4.45. The lowest BCUT2D eigenvalue weighted by Gasteiger charge is -2.27. The molecule has 5 nitrogen and oxygen atoms in total. The minimum Gasteiger partial charge on any atom is -0.355 e. The average molecular weight is 351 g/mol. The maximum atomic E-state index is 11.9. The van der Waals surface area contributed by atoms with E-state index in [1.807, 2.05) is 18.2 Å². The summed E-state index contributed by atoms with van der Waals surface area (Å²) in [6.07, 6.45) is 1.01. The number of amides is 1. The summed E-state index contributed by atoms with van der Waals surface area (Å²) in [6.45, 7) is 6.19. The summed E-state index contributed by atoms with van der Waals surface area (Å²) in [5.74, 6) is 0.530. The van der Waals surface area contributed by atoms with Crippen LogP contribution in [-0.4, -0.2) is 60.8 Å². The minimum atomic E-state index is 0.0922. The summed E-state index contributed by atoms with van der Waals surface area (Å²) in [5, 5.41) is 6.35. The predicted octanol–water partition coefficient (Wildman–Crippen LogP) is 1.80. The zero-order valence-corrected chi connectivity index (χ0v) is 14.7. The zero-order chi connectivity index (χ0) is 15.9. The molecule has 0 saturated carbocycles. The molecule has 1 aromatic carbocycles. The van der Waals surface area contributed by atoms with E-state index in [1.165, 1.54) is 16.5 Å². The number of hydrogen-bond acceptors (Lipinski definition) is 6. The smallest absolute Gasteiger partial charge is 0.230 e. The number of hydrogen-bond donors (Lipinski definition) is 2. The van der Waals surface area contributed by atoms with Gasteiger partial charge in [0.1, 0.15) is 0 Å². The number of aromatic nitrogens is 1. The lowest BCUT2D eigenvalue weighted by molar-refractivity contribution is -0.118. The third kappa shape index (κ3) is 5.17. The predicted molar refractivity (Wildman–Crippen MR) is 97.3 cm³/mol. The number of nitrogens with one attached hydrogen (secondary N) is 2. The Kier molecular flexibility index (Phi) is 6.27. The Hall–Kier alpha value is -1.15. The van der Waals surface area contributed by atoms with Crippen LogP contribution < -0.4 is 10.6 Å². The molecule has 1 amide bonds. The molecule has 1 aromatic heterocycles. The fraction of sp³-hybridized carbons (Fsp3) is 0.500. The van der Waals surface area contributed by atoms with Crippen LogP contribution in [0.4, 0.5) is 0 Å². The van der Waals surface area contributed by atoms with E-state index in [1.54, 1.807) is 11.3 Å². The number of thioether (sulfide) groups is 1. The number of thiazole rings is 1. The lowest BCUT2D eigenvalue weighted by atomic mass is 10.3. The SMILES string of the molecule is O=C(CSc1nc2ccccc2s1)NCCCN1CCNCC1. The normalized spacial score (nSPS) is 15.8. The fourth-order valence-electron chi connectivity index (χ4n) is 2.56. The van der Waals surface area contributed by atoms with Crippen molar-refractivity contribution in [3.8, 4) is 0 Å². The maximum absolute atomic E-state index is 11.9. The standard InChI is InChI=1S/C16H22N4OS2/c21-15(18-6-3-9-20-10-7-17-8-11-20)12-22-16-19-13-4-1-2-5-14(13)23-16/h1-2,4-5,17H,3,6-12H2,(H,18,21). The molecule has 1 aliphatic heterocycles. The molecule has 0 radical (unpaired) electrons. The number of benzene rings is 1. The Morgan fingerprint density at radius 1 is 1.35 bits per heavy atom. The molecule has 2 N–H and O–H groups in total. The Balaban J connectivity index is 1.33. The number of rotatable bonds is 7. The second kappa shape index (κ2) is 8.63. The Bertz CT molecular complexity index is 607. The van der Waals surface area contributed by atoms with Gasteiger partial charge in [-0.3, -0.25) is 4.79 Å². The second-order valence-corrected chi connectivity index (χ2v) is 7.78. The van der Waals surface area contributed by atoms with Crippen molar-refractivity contribution in [2.24, 2.45) is 0 Å². The van der Waals surface area contributed by atoms with Crippen molar-refractivity contribution in [3.63, 3.8) is 0 Å². The molecule has 2 aromatic rings. The molecule has 1 aliphatic rings. The van der Waals surface area contributed by atoms with E-state index in [4.69, 9.17) is 0 Å². The van der Waals surface area contributed by atoms with Crippen molar-refractivity contribution in [2.75, 3.05) is 45.0 Å². The Labute approximate surface area is 144 Å². The minimum absolute atomic E-state index is 0.0922. The first-order valence-corrected chi connectivity index (χ1v) is 9.79. The quantitative estimate of drug-likeness (QED) is 0.589. The van der Waals surface area contributed by atoms with Gasteiger partial charge in [-0.1, -0.05) is 23.9 Å². The highest BCUT2D eigenvalue weighted by atomic mass is 32.2. The van der Waals surface area contributed by atoms with Crippen molar-refractivity contribution >= 4 is 39.2 Å². The van der Waals surface area contributed by atoms with Crippen molar-refractivity contribution in [1.29, 1.82) is 0 Å². The van der Waals surface area contributed by atoms with Crippen LogP contribution in [0, 0.1) is 0 Å². The van der Waals surface area contributed by atoms with E-state index in [2.05, 4.69) is 26.6 Å². The van der Waals surface area contributed by atoms with E-state index in [9.17, 15) is 4.79 Å². The molecule has 0 atom stereocenters. The van der Waals surface area contributed by atoms with Gasteiger partial charge in [-0.2, -0.15) is 0 Å². The van der Waals surface area contributed by atoms with Crippen LogP contribution in [-0.2, 0) is 4.79 Å². The van der Waals surface area contributed by atoms with Crippen LogP contribution in [0.25, 0.3) is 10.2 Å². The Morgan fingerprint density at radius 3 is 3.00 bits per heavy atom. The topological polar surface area (TPSA) is 57.3 Å². The molecular weight excluding hydrogens is 328 g/mol. The number of para-hydroxylation sites is 1. The van der Waals surface area contributed by atoms with Gasteiger partial charge in [0.15, 0.2) is 4.34 Å². The molecule has 0 unspecified atom stereocenters. The summed E-state index contributed by atoms with van der Waals surface area (Å²) in [4.78, 5) is 18.9. The number of piperazine rings is 1. The third-order valence-electron chi connectivity index (χ3n) is 3.78. The van der Waals surface area contributed by atoms with E-state index in [0.717, 1.165) is 55.5 Å². The number of fused-ring (bicyclic) bond motifs is 1. The van der Waals surface area contributed by atoms with Gasteiger partial charge < -0.3 is 15.5 Å². The third-order valence-corrected chi connectivity index (χ3v) is 5.96. The number of nitrogens with zero attached hydrogens (tertiary/aromatic N) is 2. The molecule has 0 spiro atoms. The van der Waals surface area contributed by atoms with Crippen molar-refractivity contribution < 1.29 is 4.79 Å². The molecule has 0 aliphatic carbocycles. The zero-order valence-electron chi connectivity index (χ0n) is 13.1. The van der Waals surface area contributed by atoms with Crippen LogP contribution >= 0.6 is 23.1 Å². The highest BCUT2D eigenvalue weighted by Crippen LogP contribution is 2.28. The van der Waals surface area contributed by atoms with E-state index in [-0.39, 0.29) is 5.91 Å². The molecule has 1 fully saturated rings. The van der Waals surface area contributed by atoms with Gasteiger partial charge in [-0.15, -0.1) is 11.3 Å². The van der Waals surface area contributed by atoms with Gasteiger partial charge in [-0.25, -0.2) is 4.98 Å². The molecule has 23 heavy (non-hydrogen) atoms. The molecular formula is C16H22N4OS2. The highest BCUT2D eigenvalue weighted by Gasteiger charge is 2.10. The number of carbonyl (C=O) groups excluding carboxylic acids is 1. The van der Waals surface area contributed by atoms with Crippen LogP contribution in [0.3, 0.4) is 0 Å². The summed E-state index contributed by atoms with van der Waals surface area (Å²) >= 11 is 3.16. The maximum Gasteiger partial charge on any atom is 0.230 e. The summed E-state index contributed by atoms with van der Waals surface area (Å²) < 4.78 is 2.13. The van der Waals surface area contributed by atoms with E-state index >= 15 is 0 Å². The average Bonchev–Trinajstić information content (AvgIpc) is 3.01. The highest BCUT2D eigenvalue weighted by molar-refractivity contribution is 8.01. The second-order valence-electron chi connectivity index (χ2n) is 5.53. The van der Waals surface area contributed by atoms with Gasteiger partial charge in [-0.05, 0) is 25.1 Å². The van der Waals surface area contributed by atoms with E-state index < -0.39 is 0 Å². The molecule has 2 heterocycles. The van der Waals surface area contributed by atoms with Crippen molar-refractivity contribution in [3.05, 3.63) is 24.3 Å². The van der Waals surface area contributed by atoms with Crippen LogP contribution in [0.2, 0.25) is 0 Å². The van der Waals surface area contributed by atoms with Crippen molar-refractivity contribution in [2.45, 2.75) is 10.8 Å². The number of carbonyl (C=O) groups is 1. The first-order valence-electron chi connectivity index (χ1n) is 7.99. The van der Waals surface area contributed by atoms with Gasteiger partial charge in [0.2, 0.25) is 5.91 Å². The lowest BCUT2D eigenvalue weighted by Crippen LogP contribution is -2.44. The molecule has 7 heteroatoms. The van der Waals surface area contributed by atoms with Gasteiger partial charge >= 0.3 is 0 Å². The molecule has 0 bridgehead atoms. The van der Waals surface area contributed by atoms with E-state index in [0.29, 0.717) is 5.75 Å². The molecule has 1 saturated heterocycles. The summed E-state index contributed by atoms with van der Waals surface area (Å²) in [6, 6.07) is 8.07. The van der Waals surface area contributed by atoms with Crippen LogP contribution in [0.1, 0.15) is 6.42 Å². The van der Waals surface area contributed by atoms with Gasteiger partial charge in [0, 0.05) is 32.7 Å². The summed E-state index contributed by atoms with van der Waals surface area (Å²) in [5.41, 5.74) is 1.01. The van der Waals surface area contributed by atoms with Gasteiger partial charge in [0.25, 0.3) is 0 Å². The monoisotopic (exact) mass is 350 g/mol. The summed E-state index contributed by atoms with van der Waals surface area (Å²) in [7, 11) is 0. The van der Waals surface area contributed by atoms with Crippen LogP contribution in [0.5, 0.6) is 0 Å². The van der Waals surface area contributed by atoms with Crippen molar-refractivity contribution in [1.82, 2.24) is 20.5 Å². The first-order chi connectivity index (χ1) is 11.3. The van der Waals surface area contributed by atoms with Gasteiger partial charge in [0.05, 0.1) is 16.0 Å². The largest absolute Gasteiger partial charge is 0.355 e. The molecule has 3 rings (SSSR count). The Morgan fingerprint density at radius 2 is 2.17 bits per heavy atom. The first kappa shape index (κ1) is 16.7. The van der Waals surface area contributed by atoms with Crippen LogP contribution in [0.15, 0.2) is 28.6 Å².